The maximum atomic E-state index is 11.5. The van der Waals surface area contributed by atoms with Crippen molar-refractivity contribution < 1.29 is 13.5 Å². The van der Waals surface area contributed by atoms with Crippen LogP contribution in [0, 0.1) is 11.8 Å². The monoisotopic (exact) mass is 249 g/mol. The first-order chi connectivity index (χ1) is 7.53. The molecular formula is C11H23NO3S. The summed E-state index contributed by atoms with van der Waals surface area (Å²) in [5.41, 5.74) is 0. The van der Waals surface area contributed by atoms with Gasteiger partial charge in [-0.2, -0.15) is 0 Å². The Hall–Kier alpha value is -0.130. The number of hydrogen-bond acceptors (Lipinski definition) is 3. The molecule has 5 heteroatoms. The summed E-state index contributed by atoms with van der Waals surface area (Å²) in [5.74, 6) is 1.25. The maximum absolute atomic E-state index is 11.5. The molecule has 1 aliphatic rings. The van der Waals surface area contributed by atoms with E-state index in [-0.39, 0.29) is 12.4 Å². The fraction of sp³-hybridized carbons (Fsp3) is 1.00. The molecule has 96 valence electrons. The first kappa shape index (κ1) is 13.9. The second-order valence-corrected chi connectivity index (χ2v) is 6.81. The molecule has 4 nitrogen and oxygen atoms in total. The lowest BCUT2D eigenvalue weighted by atomic mass is 9.83. The summed E-state index contributed by atoms with van der Waals surface area (Å²) in [5, 5.41) is 8.59. The Bertz CT molecular complexity index is 290. The van der Waals surface area contributed by atoms with Gasteiger partial charge in [0.2, 0.25) is 10.0 Å². The molecule has 0 aromatic carbocycles. The lowest BCUT2D eigenvalue weighted by Crippen LogP contribution is -2.33. The lowest BCUT2D eigenvalue weighted by Gasteiger charge is -2.26. The second-order valence-electron chi connectivity index (χ2n) is 4.88. The molecule has 16 heavy (non-hydrogen) atoms. The third kappa shape index (κ3) is 5.27. The van der Waals surface area contributed by atoms with E-state index in [1.54, 1.807) is 0 Å². The van der Waals surface area contributed by atoms with Gasteiger partial charge in [-0.15, -0.1) is 0 Å². The number of aliphatic hydroxyl groups is 1. The third-order valence-corrected chi connectivity index (χ3v) is 4.64. The molecule has 1 fully saturated rings. The third-order valence-electron chi connectivity index (χ3n) is 3.21. The van der Waals surface area contributed by atoms with Crippen molar-refractivity contribution in [1.82, 2.24) is 4.72 Å². The van der Waals surface area contributed by atoms with Gasteiger partial charge in [0.15, 0.2) is 0 Å². The Morgan fingerprint density at radius 2 is 2.12 bits per heavy atom. The summed E-state index contributed by atoms with van der Waals surface area (Å²) in [6.07, 6.45) is 5.06. The maximum Gasteiger partial charge on any atom is 0.211 e. The van der Waals surface area contributed by atoms with Crippen molar-refractivity contribution in [2.45, 2.75) is 39.0 Å². The van der Waals surface area contributed by atoms with Gasteiger partial charge in [-0.25, -0.2) is 13.1 Å². The van der Waals surface area contributed by atoms with Gasteiger partial charge in [-0.05, 0) is 31.1 Å². The van der Waals surface area contributed by atoms with E-state index in [0.717, 1.165) is 18.8 Å². The highest BCUT2D eigenvalue weighted by atomic mass is 32.2. The molecule has 0 aliphatic heterocycles. The highest BCUT2D eigenvalue weighted by Crippen LogP contribution is 2.27. The van der Waals surface area contributed by atoms with Crippen LogP contribution in [0.4, 0.5) is 0 Å². The molecule has 0 bridgehead atoms. The summed E-state index contributed by atoms with van der Waals surface area (Å²) < 4.78 is 25.6. The van der Waals surface area contributed by atoms with E-state index in [4.69, 9.17) is 5.11 Å². The molecule has 0 aromatic heterocycles. The van der Waals surface area contributed by atoms with Crippen LogP contribution < -0.4 is 4.72 Å². The van der Waals surface area contributed by atoms with Crippen LogP contribution in [0.25, 0.3) is 0 Å². The number of hydrogen-bond donors (Lipinski definition) is 2. The molecule has 2 atom stereocenters. The molecule has 1 saturated carbocycles. The van der Waals surface area contributed by atoms with E-state index in [1.165, 1.54) is 12.8 Å². The van der Waals surface area contributed by atoms with Gasteiger partial charge in [0.1, 0.15) is 0 Å². The second kappa shape index (κ2) is 6.57. The van der Waals surface area contributed by atoms with Crippen molar-refractivity contribution in [2.75, 3.05) is 18.9 Å². The van der Waals surface area contributed by atoms with Crippen LogP contribution >= 0.6 is 0 Å². The number of nitrogens with one attached hydrogen (secondary N) is 1. The highest BCUT2D eigenvalue weighted by molar-refractivity contribution is 7.89. The smallest absolute Gasteiger partial charge is 0.211 e. The molecule has 0 heterocycles. The molecule has 0 saturated heterocycles. The summed E-state index contributed by atoms with van der Waals surface area (Å²) in [6, 6.07) is 0. The van der Waals surface area contributed by atoms with Crippen LogP contribution in [-0.2, 0) is 10.0 Å². The first-order valence-electron chi connectivity index (χ1n) is 6.11. The Morgan fingerprint density at radius 3 is 2.75 bits per heavy atom. The Balaban J connectivity index is 2.27. The highest BCUT2D eigenvalue weighted by Gasteiger charge is 2.20. The minimum absolute atomic E-state index is 0.0335. The number of aliphatic hydroxyl groups excluding tert-OH is 1. The van der Waals surface area contributed by atoms with Crippen molar-refractivity contribution in [1.29, 1.82) is 0 Å². The largest absolute Gasteiger partial charge is 0.396 e. The molecule has 0 radical (unpaired) electrons. The minimum Gasteiger partial charge on any atom is -0.396 e. The predicted molar refractivity (Wildman–Crippen MR) is 64.6 cm³/mol. The molecule has 2 N–H and O–H groups in total. The van der Waals surface area contributed by atoms with Crippen LogP contribution in [0.2, 0.25) is 0 Å². The van der Waals surface area contributed by atoms with E-state index >= 15 is 0 Å². The molecule has 2 unspecified atom stereocenters. The first-order valence-corrected chi connectivity index (χ1v) is 7.77. The van der Waals surface area contributed by atoms with Gasteiger partial charge >= 0.3 is 0 Å². The lowest BCUT2D eigenvalue weighted by molar-refractivity contribution is 0.282. The zero-order valence-corrected chi connectivity index (χ0v) is 10.8. The van der Waals surface area contributed by atoms with Gasteiger partial charge in [0.05, 0.1) is 5.75 Å². The standard InChI is InChI=1S/C11H23NO3S/c1-10-4-2-5-11(8-10)9-12-16(14,15)7-3-6-13/h10-13H,2-9H2,1H3. The summed E-state index contributed by atoms with van der Waals surface area (Å²) >= 11 is 0. The topological polar surface area (TPSA) is 66.4 Å². The molecule has 0 aromatic rings. The van der Waals surface area contributed by atoms with Crippen molar-refractivity contribution in [2.24, 2.45) is 11.8 Å². The average Bonchev–Trinajstić information content (AvgIpc) is 2.24. The number of sulfonamides is 1. The SMILES string of the molecule is CC1CCCC(CNS(=O)(=O)CCCO)C1. The number of rotatable bonds is 6. The fourth-order valence-electron chi connectivity index (χ4n) is 2.32. The van der Waals surface area contributed by atoms with Gasteiger partial charge in [-0.3, -0.25) is 0 Å². The molecule has 1 rings (SSSR count). The van der Waals surface area contributed by atoms with Crippen molar-refractivity contribution in [3.05, 3.63) is 0 Å². The predicted octanol–water partition coefficient (Wildman–Crippen LogP) is 1.11. The Kier molecular flexibility index (Phi) is 5.72. The zero-order chi connectivity index (χ0) is 12.0. The van der Waals surface area contributed by atoms with E-state index in [9.17, 15) is 8.42 Å². The quantitative estimate of drug-likeness (QED) is 0.741. The average molecular weight is 249 g/mol. The van der Waals surface area contributed by atoms with Crippen LogP contribution in [-0.4, -0.2) is 32.4 Å². The summed E-state index contributed by atoms with van der Waals surface area (Å²) in [4.78, 5) is 0. The summed E-state index contributed by atoms with van der Waals surface area (Å²) in [7, 11) is -3.17. The van der Waals surface area contributed by atoms with Gasteiger partial charge in [0, 0.05) is 13.2 Å². The zero-order valence-electron chi connectivity index (χ0n) is 9.98. The van der Waals surface area contributed by atoms with Crippen LogP contribution in [0.15, 0.2) is 0 Å². The van der Waals surface area contributed by atoms with Gasteiger partial charge in [-0.1, -0.05) is 19.8 Å². The van der Waals surface area contributed by atoms with Crippen molar-refractivity contribution >= 4 is 10.0 Å². The fourth-order valence-corrected chi connectivity index (χ4v) is 3.46. The summed E-state index contributed by atoms with van der Waals surface area (Å²) in [6.45, 7) is 2.73. The van der Waals surface area contributed by atoms with Crippen molar-refractivity contribution in [3.63, 3.8) is 0 Å². The van der Waals surface area contributed by atoms with Crippen LogP contribution in [0.1, 0.15) is 39.0 Å². The van der Waals surface area contributed by atoms with E-state index in [1.807, 2.05) is 0 Å². The van der Waals surface area contributed by atoms with Crippen molar-refractivity contribution in [3.8, 4) is 0 Å². The molecular weight excluding hydrogens is 226 g/mol. The van der Waals surface area contributed by atoms with Crippen LogP contribution in [0.5, 0.6) is 0 Å². The Labute approximate surface area is 98.5 Å². The van der Waals surface area contributed by atoms with E-state index in [0.29, 0.717) is 18.9 Å². The molecule has 0 spiro atoms. The van der Waals surface area contributed by atoms with Crippen LogP contribution in [0.3, 0.4) is 0 Å². The van der Waals surface area contributed by atoms with Gasteiger partial charge < -0.3 is 5.11 Å². The van der Waals surface area contributed by atoms with E-state index < -0.39 is 10.0 Å². The van der Waals surface area contributed by atoms with Gasteiger partial charge in [0.25, 0.3) is 0 Å². The molecule has 0 amide bonds. The molecule has 1 aliphatic carbocycles. The van der Waals surface area contributed by atoms with E-state index in [2.05, 4.69) is 11.6 Å². The minimum atomic E-state index is -3.17. The normalized spacial score (nSPS) is 26.9. The Morgan fingerprint density at radius 1 is 1.38 bits per heavy atom.